The van der Waals surface area contributed by atoms with Gasteiger partial charge in [0.2, 0.25) is 11.8 Å². The summed E-state index contributed by atoms with van der Waals surface area (Å²) in [6.45, 7) is 5.91. The van der Waals surface area contributed by atoms with Crippen LogP contribution in [0.25, 0.3) is 0 Å². The molecule has 2 amide bonds. The molecule has 0 spiro atoms. The van der Waals surface area contributed by atoms with E-state index in [2.05, 4.69) is 34.4 Å². The molecule has 7 heteroatoms. The summed E-state index contributed by atoms with van der Waals surface area (Å²) in [4.78, 5) is 32.0. The molecule has 1 aliphatic heterocycles. The molecule has 0 bridgehead atoms. The summed E-state index contributed by atoms with van der Waals surface area (Å²) in [5.41, 5.74) is 1.43. The van der Waals surface area contributed by atoms with Gasteiger partial charge in [-0.15, -0.1) is 11.8 Å². The van der Waals surface area contributed by atoms with Crippen LogP contribution >= 0.6 is 11.8 Å². The van der Waals surface area contributed by atoms with Gasteiger partial charge >= 0.3 is 0 Å². The van der Waals surface area contributed by atoms with Gasteiger partial charge in [0.1, 0.15) is 5.82 Å². The summed E-state index contributed by atoms with van der Waals surface area (Å²) in [7, 11) is 0. The maximum atomic E-state index is 12.3. The van der Waals surface area contributed by atoms with Gasteiger partial charge in [0.15, 0.2) is 0 Å². The van der Waals surface area contributed by atoms with Crippen molar-refractivity contribution in [2.45, 2.75) is 30.4 Å². The second-order valence-corrected chi connectivity index (χ2v) is 7.17. The third kappa shape index (κ3) is 4.16. The quantitative estimate of drug-likeness (QED) is 0.815. The maximum Gasteiger partial charge on any atom is 0.238 e. The second kappa shape index (κ2) is 8.23. The monoisotopic (exact) mass is 370 g/mol. The van der Waals surface area contributed by atoms with Crippen LogP contribution in [0.2, 0.25) is 0 Å². The van der Waals surface area contributed by atoms with Gasteiger partial charge in [0.05, 0.1) is 22.8 Å². The number of hydrogen-bond acceptors (Lipinski definition) is 5. The first kappa shape index (κ1) is 18.3. The van der Waals surface area contributed by atoms with Gasteiger partial charge in [-0.1, -0.05) is 12.1 Å². The minimum absolute atomic E-state index is 0.114. The highest BCUT2D eigenvalue weighted by atomic mass is 32.2. The van der Waals surface area contributed by atoms with E-state index in [0.717, 1.165) is 29.5 Å². The van der Waals surface area contributed by atoms with E-state index in [1.165, 1.54) is 11.8 Å². The van der Waals surface area contributed by atoms with Crippen molar-refractivity contribution in [3.8, 4) is 0 Å². The van der Waals surface area contributed by atoms with E-state index in [1.54, 1.807) is 6.20 Å². The number of thioether (sulfide) groups is 1. The van der Waals surface area contributed by atoms with E-state index in [1.807, 2.05) is 36.4 Å². The first-order valence-electron chi connectivity index (χ1n) is 8.68. The van der Waals surface area contributed by atoms with Crippen molar-refractivity contribution in [2.24, 2.45) is 0 Å². The lowest BCUT2D eigenvalue weighted by Crippen LogP contribution is -2.32. The number of fused-ring (bicyclic) bond motifs is 1. The van der Waals surface area contributed by atoms with Crippen molar-refractivity contribution >= 4 is 40.8 Å². The summed E-state index contributed by atoms with van der Waals surface area (Å²) in [6, 6.07) is 11.3. The molecule has 2 aromatic rings. The van der Waals surface area contributed by atoms with E-state index in [9.17, 15) is 9.59 Å². The molecule has 6 nitrogen and oxygen atoms in total. The molecule has 3 rings (SSSR count). The van der Waals surface area contributed by atoms with E-state index in [4.69, 9.17) is 0 Å². The summed E-state index contributed by atoms with van der Waals surface area (Å²) >= 11 is 1.42. The fourth-order valence-electron chi connectivity index (χ4n) is 2.80. The molecule has 136 valence electrons. The number of amides is 2. The van der Waals surface area contributed by atoms with E-state index in [-0.39, 0.29) is 18.2 Å². The van der Waals surface area contributed by atoms with Crippen molar-refractivity contribution in [3.05, 3.63) is 42.6 Å². The average molecular weight is 370 g/mol. The topological polar surface area (TPSA) is 74.3 Å². The minimum atomic E-state index is -0.437. The smallest absolute Gasteiger partial charge is 0.238 e. The highest BCUT2D eigenvalue weighted by molar-refractivity contribution is 8.01. The zero-order valence-electron chi connectivity index (χ0n) is 14.9. The molecular formula is C19H22N4O2S. The molecule has 0 aliphatic carbocycles. The van der Waals surface area contributed by atoms with Gasteiger partial charge in [-0.05, 0) is 38.1 Å². The number of pyridine rings is 1. The Balaban J connectivity index is 1.60. The summed E-state index contributed by atoms with van der Waals surface area (Å²) in [5.74, 6) is 0.542. The Kier molecular flexibility index (Phi) is 5.78. The number of nitrogens with zero attached hydrogens (tertiary/aromatic N) is 2. The van der Waals surface area contributed by atoms with Crippen LogP contribution in [0.15, 0.2) is 47.5 Å². The van der Waals surface area contributed by atoms with Gasteiger partial charge < -0.3 is 15.5 Å². The lowest BCUT2D eigenvalue weighted by Gasteiger charge is -2.23. The predicted octanol–water partition coefficient (Wildman–Crippen LogP) is 3.37. The number of aromatic nitrogens is 1. The number of carbonyl (C=O) groups is 2. The summed E-state index contributed by atoms with van der Waals surface area (Å²) in [5, 5.41) is 5.24. The van der Waals surface area contributed by atoms with Crippen LogP contribution in [-0.4, -0.2) is 35.1 Å². The minimum Gasteiger partial charge on any atom is -0.357 e. The van der Waals surface area contributed by atoms with Crippen molar-refractivity contribution < 1.29 is 9.59 Å². The molecule has 0 saturated heterocycles. The Hall–Kier alpha value is -2.54. The lowest BCUT2D eigenvalue weighted by molar-refractivity contribution is -0.120. The van der Waals surface area contributed by atoms with Crippen LogP contribution in [0.5, 0.6) is 0 Å². The third-order valence-electron chi connectivity index (χ3n) is 4.20. The first-order chi connectivity index (χ1) is 12.6. The molecule has 0 fully saturated rings. The molecular weight excluding hydrogens is 348 g/mol. The van der Waals surface area contributed by atoms with Gasteiger partial charge in [-0.25, -0.2) is 4.98 Å². The summed E-state index contributed by atoms with van der Waals surface area (Å²) in [6.07, 6.45) is 1.76. The van der Waals surface area contributed by atoms with Crippen LogP contribution in [0.1, 0.15) is 20.3 Å². The number of carbonyl (C=O) groups excluding carboxylic acids is 2. The molecule has 1 aromatic heterocycles. The van der Waals surface area contributed by atoms with E-state index < -0.39 is 5.25 Å². The fourth-order valence-corrected chi connectivity index (χ4v) is 3.91. The van der Waals surface area contributed by atoms with Crippen molar-refractivity contribution in [1.29, 1.82) is 0 Å². The van der Waals surface area contributed by atoms with Gasteiger partial charge in [-0.3, -0.25) is 9.59 Å². The highest BCUT2D eigenvalue weighted by Crippen LogP contribution is 2.36. The van der Waals surface area contributed by atoms with Crippen LogP contribution in [0.4, 0.5) is 17.2 Å². The molecule has 0 radical (unpaired) electrons. The molecule has 1 aromatic carbocycles. The molecule has 26 heavy (non-hydrogen) atoms. The van der Waals surface area contributed by atoms with E-state index in [0.29, 0.717) is 5.69 Å². The number of para-hydroxylation sites is 1. The average Bonchev–Trinajstić information content (AvgIpc) is 2.64. The first-order valence-corrected chi connectivity index (χ1v) is 9.56. The molecule has 2 N–H and O–H groups in total. The second-order valence-electron chi connectivity index (χ2n) is 5.92. The number of anilines is 3. The number of benzene rings is 1. The van der Waals surface area contributed by atoms with Crippen molar-refractivity contribution in [1.82, 2.24) is 4.98 Å². The van der Waals surface area contributed by atoms with Crippen LogP contribution in [0, 0.1) is 0 Å². The number of nitrogens with one attached hydrogen (secondary N) is 2. The van der Waals surface area contributed by atoms with Crippen LogP contribution in [0.3, 0.4) is 0 Å². The Morgan fingerprint density at radius 3 is 2.69 bits per heavy atom. The molecule has 2 heterocycles. The van der Waals surface area contributed by atoms with Crippen molar-refractivity contribution in [2.75, 3.05) is 28.6 Å². The normalized spacial score (nSPS) is 15.8. The largest absolute Gasteiger partial charge is 0.357 e. The van der Waals surface area contributed by atoms with Crippen LogP contribution in [-0.2, 0) is 9.59 Å². The Morgan fingerprint density at radius 1 is 1.23 bits per heavy atom. The van der Waals surface area contributed by atoms with Gasteiger partial charge in [0, 0.05) is 24.4 Å². The maximum absolute atomic E-state index is 12.3. The highest BCUT2D eigenvalue weighted by Gasteiger charge is 2.28. The van der Waals surface area contributed by atoms with Crippen LogP contribution < -0.4 is 15.5 Å². The van der Waals surface area contributed by atoms with Crippen molar-refractivity contribution in [3.63, 3.8) is 0 Å². The SMILES string of the molecule is CCN(CC)c1ccc(NC(=O)CC2Sc3ccccc3NC2=O)cn1. The summed E-state index contributed by atoms with van der Waals surface area (Å²) < 4.78 is 0. The Morgan fingerprint density at radius 2 is 2.00 bits per heavy atom. The molecule has 0 saturated carbocycles. The fraction of sp³-hybridized carbons (Fsp3) is 0.316. The van der Waals surface area contributed by atoms with Gasteiger partial charge in [-0.2, -0.15) is 0 Å². The predicted molar refractivity (Wildman–Crippen MR) is 106 cm³/mol. The molecule has 1 atom stereocenters. The zero-order chi connectivity index (χ0) is 18.5. The van der Waals surface area contributed by atoms with E-state index >= 15 is 0 Å². The van der Waals surface area contributed by atoms with Gasteiger partial charge in [0.25, 0.3) is 0 Å². The number of hydrogen-bond donors (Lipinski definition) is 2. The third-order valence-corrected chi connectivity index (χ3v) is 5.47. The lowest BCUT2D eigenvalue weighted by atomic mass is 10.2. The molecule has 1 aliphatic rings. The Bertz CT molecular complexity index is 790. The standard InChI is InChI=1S/C19H22N4O2S/c1-3-23(4-2)17-10-9-13(12-20-17)21-18(24)11-16-19(25)22-14-7-5-6-8-15(14)26-16/h5-10,12,16H,3-4,11H2,1-2H3,(H,21,24)(H,22,25). The Labute approximate surface area is 157 Å². The molecule has 1 unspecified atom stereocenters. The number of rotatable bonds is 6. The zero-order valence-corrected chi connectivity index (χ0v) is 15.7.